The Bertz CT molecular complexity index is 315. The Labute approximate surface area is 97.1 Å². The molecule has 15 heavy (non-hydrogen) atoms. The van der Waals surface area contributed by atoms with E-state index in [-0.39, 0.29) is 5.54 Å². The van der Waals surface area contributed by atoms with E-state index in [0.29, 0.717) is 0 Å². The highest BCUT2D eigenvalue weighted by Crippen LogP contribution is 2.25. The van der Waals surface area contributed by atoms with E-state index in [9.17, 15) is 0 Å². The first kappa shape index (κ1) is 12.7. The second-order valence-electron chi connectivity index (χ2n) is 4.34. The number of nitrogens with zero attached hydrogens (tertiary/aromatic N) is 1. The molecule has 2 heterocycles. The smallest absolute Gasteiger partial charge is 0.0900 e. The van der Waals surface area contributed by atoms with Gasteiger partial charge < -0.3 is 5.32 Å². The van der Waals surface area contributed by atoms with Gasteiger partial charge in [0.25, 0.3) is 0 Å². The van der Waals surface area contributed by atoms with Crippen molar-refractivity contribution in [2.24, 2.45) is 0 Å². The minimum absolute atomic E-state index is 0.240. The Morgan fingerprint density at radius 1 is 1.33 bits per heavy atom. The van der Waals surface area contributed by atoms with Crippen molar-refractivity contribution >= 4 is 11.3 Å². The van der Waals surface area contributed by atoms with Crippen molar-refractivity contribution in [3.8, 4) is 0 Å². The number of aromatic nitrogens is 1. The van der Waals surface area contributed by atoms with E-state index in [1.54, 1.807) is 0 Å². The maximum Gasteiger partial charge on any atom is 0.0900 e. The summed E-state index contributed by atoms with van der Waals surface area (Å²) in [6.07, 6.45) is 2.21. The molecule has 0 radical (unpaired) electrons. The minimum atomic E-state index is 0.240. The highest BCUT2D eigenvalue weighted by molar-refractivity contribution is 7.11. The van der Waals surface area contributed by atoms with Crippen LogP contribution in [0.4, 0.5) is 0 Å². The van der Waals surface area contributed by atoms with Crippen LogP contribution in [-0.4, -0.2) is 17.1 Å². The second-order valence-corrected chi connectivity index (χ2v) is 5.63. The molecule has 0 unspecified atom stereocenters. The Kier molecular flexibility index (Phi) is 4.29. The molecule has 86 valence electrons. The molecular formula is C12H22N2S. The van der Waals surface area contributed by atoms with Crippen molar-refractivity contribution in [2.45, 2.75) is 53.0 Å². The lowest BCUT2D eigenvalue weighted by Gasteiger charge is -2.23. The van der Waals surface area contributed by atoms with Gasteiger partial charge in [-0.1, -0.05) is 13.8 Å². The molecule has 0 bridgehead atoms. The predicted molar refractivity (Wildman–Crippen MR) is 67.7 cm³/mol. The zero-order valence-corrected chi connectivity index (χ0v) is 11.3. The normalized spacial score (nSPS) is 18.5. The Morgan fingerprint density at radius 3 is 2.67 bits per heavy atom. The fourth-order valence-corrected chi connectivity index (χ4v) is 3.04. The van der Waals surface area contributed by atoms with Crippen LogP contribution in [0.25, 0.3) is 0 Å². The molecule has 0 saturated heterocycles. The molecule has 0 saturated carbocycles. The molecule has 1 aliphatic rings. The van der Waals surface area contributed by atoms with E-state index in [1.807, 2.05) is 25.2 Å². The van der Waals surface area contributed by atoms with E-state index in [1.165, 1.54) is 15.6 Å². The standard InChI is InChI=1S/C10H16N2S.C2H6/c1-7-12-8-4-5-11-10(2,3)6-9(8)13-7;1-2/h11H,4-6H2,1-3H3;1-2H3. The molecule has 2 rings (SSSR count). The minimum Gasteiger partial charge on any atom is -0.311 e. The average molecular weight is 226 g/mol. The number of rotatable bonds is 0. The lowest BCUT2D eigenvalue weighted by atomic mass is 10.0. The first-order chi connectivity index (χ1) is 7.07. The first-order valence-corrected chi connectivity index (χ1v) is 6.59. The molecule has 1 N–H and O–H groups in total. The summed E-state index contributed by atoms with van der Waals surface area (Å²) in [7, 11) is 0. The third kappa shape index (κ3) is 3.28. The number of nitrogens with one attached hydrogen (secondary N) is 1. The molecule has 1 aliphatic heterocycles. The maximum absolute atomic E-state index is 4.56. The largest absolute Gasteiger partial charge is 0.311 e. The summed E-state index contributed by atoms with van der Waals surface area (Å²) in [5, 5.41) is 4.75. The van der Waals surface area contributed by atoms with Crippen molar-refractivity contribution in [1.29, 1.82) is 0 Å². The van der Waals surface area contributed by atoms with Crippen LogP contribution in [0.1, 0.15) is 43.3 Å². The van der Waals surface area contributed by atoms with E-state index in [4.69, 9.17) is 0 Å². The van der Waals surface area contributed by atoms with E-state index in [0.717, 1.165) is 19.4 Å². The SMILES string of the molecule is CC.Cc1nc2c(s1)CC(C)(C)NCC2. The third-order valence-electron chi connectivity index (χ3n) is 2.45. The van der Waals surface area contributed by atoms with Crippen LogP contribution in [0.2, 0.25) is 0 Å². The number of aryl methyl sites for hydroxylation is 1. The van der Waals surface area contributed by atoms with Crippen molar-refractivity contribution in [3.05, 3.63) is 15.6 Å². The van der Waals surface area contributed by atoms with Crippen LogP contribution in [0.5, 0.6) is 0 Å². The summed E-state index contributed by atoms with van der Waals surface area (Å²) in [6, 6.07) is 0. The van der Waals surface area contributed by atoms with Crippen LogP contribution < -0.4 is 5.32 Å². The quantitative estimate of drug-likeness (QED) is 0.735. The average Bonchev–Trinajstić information content (AvgIpc) is 2.42. The van der Waals surface area contributed by atoms with Crippen LogP contribution in [0, 0.1) is 6.92 Å². The van der Waals surface area contributed by atoms with Crippen LogP contribution in [0.3, 0.4) is 0 Å². The third-order valence-corrected chi connectivity index (χ3v) is 3.47. The summed E-state index contributed by atoms with van der Waals surface area (Å²) >= 11 is 1.85. The highest BCUT2D eigenvalue weighted by atomic mass is 32.1. The van der Waals surface area contributed by atoms with Gasteiger partial charge in [0.15, 0.2) is 0 Å². The summed E-state index contributed by atoms with van der Waals surface area (Å²) in [5.41, 5.74) is 1.56. The van der Waals surface area contributed by atoms with Gasteiger partial charge in [0.1, 0.15) is 0 Å². The fraction of sp³-hybridized carbons (Fsp3) is 0.750. The number of thiazole rings is 1. The van der Waals surface area contributed by atoms with E-state index < -0.39 is 0 Å². The lowest BCUT2D eigenvalue weighted by molar-refractivity contribution is 0.402. The molecule has 1 aromatic rings. The second kappa shape index (κ2) is 5.08. The van der Waals surface area contributed by atoms with Gasteiger partial charge in [-0.3, -0.25) is 0 Å². The molecule has 1 aromatic heterocycles. The van der Waals surface area contributed by atoms with Crippen molar-refractivity contribution in [2.75, 3.05) is 6.54 Å². The summed E-state index contributed by atoms with van der Waals surface area (Å²) < 4.78 is 0. The number of fused-ring (bicyclic) bond motifs is 1. The Morgan fingerprint density at radius 2 is 2.00 bits per heavy atom. The van der Waals surface area contributed by atoms with E-state index >= 15 is 0 Å². The van der Waals surface area contributed by atoms with Crippen LogP contribution in [0.15, 0.2) is 0 Å². The Balaban J connectivity index is 0.000000531. The van der Waals surface area contributed by atoms with Gasteiger partial charge in [-0.2, -0.15) is 0 Å². The molecule has 0 atom stereocenters. The fourth-order valence-electron chi connectivity index (χ4n) is 1.83. The van der Waals surface area contributed by atoms with Gasteiger partial charge in [-0.15, -0.1) is 11.3 Å². The Hall–Kier alpha value is -0.410. The van der Waals surface area contributed by atoms with Crippen molar-refractivity contribution in [1.82, 2.24) is 10.3 Å². The zero-order valence-electron chi connectivity index (χ0n) is 10.5. The summed E-state index contributed by atoms with van der Waals surface area (Å²) in [5.74, 6) is 0. The van der Waals surface area contributed by atoms with Gasteiger partial charge in [0, 0.05) is 29.8 Å². The molecule has 3 heteroatoms. The van der Waals surface area contributed by atoms with Gasteiger partial charge in [-0.25, -0.2) is 4.98 Å². The van der Waals surface area contributed by atoms with Gasteiger partial charge in [0.05, 0.1) is 10.7 Å². The summed E-state index contributed by atoms with van der Waals surface area (Å²) in [6.45, 7) is 11.7. The van der Waals surface area contributed by atoms with E-state index in [2.05, 4.69) is 31.1 Å². The first-order valence-electron chi connectivity index (χ1n) is 5.77. The molecule has 0 amide bonds. The van der Waals surface area contributed by atoms with Crippen molar-refractivity contribution < 1.29 is 0 Å². The molecule has 0 spiro atoms. The number of hydrogen-bond donors (Lipinski definition) is 1. The molecule has 0 aromatic carbocycles. The highest BCUT2D eigenvalue weighted by Gasteiger charge is 2.24. The topological polar surface area (TPSA) is 24.9 Å². The lowest BCUT2D eigenvalue weighted by Crippen LogP contribution is -2.40. The molecule has 0 aliphatic carbocycles. The number of hydrogen-bond acceptors (Lipinski definition) is 3. The van der Waals surface area contributed by atoms with Gasteiger partial charge >= 0.3 is 0 Å². The summed E-state index contributed by atoms with van der Waals surface area (Å²) in [4.78, 5) is 6.03. The van der Waals surface area contributed by atoms with Crippen molar-refractivity contribution in [3.63, 3.8) is 0 Å². The predicted octanol–water partition coefficient (Wildman–Crippen LogP) is 2.94. The monoisotopic (exact) mass is 226 g/mol. The molecule has 2 nitrogen and oxygen atoms in total. The molecule has 0 fully saturated rings. The zero-order chi connectivity index (χ0) is 11.5. The van der Waals surface area contributed by atoms with Crippen LogP contribution in [-0.2, 0) is 12.8 Å². The maximum atomic E-state index is 4.56. The van der Waals surface area contributed by atoms with Crippen LogP contribution >= 0.6 is 11.3 Å². The van der Waals surface area contributed by atoms with Gasteiger partial charge in [-0.05, 0) is 20.8 Å². The van der Waals surface area contributed by atoms with Gasteiger partial charge in [0.2, 0.25) is 0 Å². The molecular weight excluding hydrogens is 204 g/mol.